The Morgan fingerprint density at radius 1 is 1.24 bits per heavy atom. The molecule has 2 atom stereocenters. The number of carbonyl (C=O) groups excluding carboxylic acids is 1. The van der Waals surface area contributed by atoms with E-state index in [0.29, 0.717) is 6.04 Å². The van der Waals surface area contributed by atoms with Gasteiger partial charge in [-0.05, 0) is 38.6 Å². The molecule has 0 fully saturated rings. The second kappa shape index (κ2) is 6.19. The number of hydrogen-bond donors (Lipinski definition) is 0. The first-order valence-electron chi connectivity index (χ1n) is 9.03. The molecule has 4 nitrogen and oxygen atoms in total. The Hall–Kier alpha value is -1.78. The number of hydrogen-bond acceptors (Lipinski definition) is 2. The molecule has 0 saturated carbocycles. The third-order valence-corrected chi connectivity index (χ3v) is 6.03. The fourth-order valence-corrected chi connectivity index (χ4v) is 4.56. The van der Waals surface area contributed by atoms with Gasteiger partial charge in [-0.15, -0.1) is 0 Å². The molecule has 0 bridgehead atoms. The minimum absolute atomic E-state index is 0.0802. The van der Waals surface area contributed by atoms with Crippen LogP contribution in [0.2, 0.25) is 5.02 Å². The molecule has 4 rings (SSSR count). The summed E-state index contributed by atoms with van der Waals surface area (Å²) in [7, 11) is 2.13. The van der Waals surface area contributed by atoms with E-state index in [4.69, 9.17) is 11.6 Å². The van der Waals surface area contributed by atoms with E-state index in [0.717, 1.165) is 36.6 Å². The van der Waals surface area contributed by atoms with Gasteiger partial charge in [-0.2, -0.15) is 0 Å². The summed E-state index contributed by atoms with van der Waals surface area (Å²) in [6, 6.07) is 6.49. The summed E-state index contributed by atoms with van der Waals surface area (Å²) >= 11 is 6.38. The SMILES string of the molecule is CCN(CC)C(=O)[C@@H]1C=C2c3ccc(Cl)c4ccn(c34)C[C@H]2N(C)C1. The van der Waals surface area contributed by atoms with Crippen molar-refractivity contribution in [3.63, 3.8) is 0 Å². The molecule has 2 aromatic rings. The van der Waals surface area contributed by atoms with Crippen molar-refractivity contribution in [3.05, 3.63) is 41.1 Å². The van der Waals surface area contributed by atoms with Crippen molar-refractivity contribution >= 4 is 34.0 Å². The highest BCUT2D eigenvalue weighted by molar-refractivity contribution is 6.35. The van der Waals surface area contributed by atoms with Crippen molar-refractivity contribution in [2.75, 3.05) is 26.7 Å². The number of rotatable bonds is 3. The highest BCUT2D eigenvalue weighted by atomic mass is 35.5. The van der Waals surface area contributed by atoms with E-state index in [9.17, 15) is 4.79 Å². The molecule has 2 aliphatic heterocycles. The maximum absolute atomic E-state index is 12.9. The lowest BCUT2D eigenvalue weighted by Crippen LogP contribution is -2.48. The maximum atomic E-state index is 12.9. The topological polar surface area (TPSA) is 28.5 Å². The van der Waals surface area contributed by atoms with Crippen LogP contribution in [0.15, 0.2) is 30.5 Å². The number of fused-ring (bicyclic) bond motifs is 2. The Kier molecular flexibility index (Phi) is 4.13. The largest absolute Gasteiger partial charge is 0.345 e. The van der Waals surface area contributed by atoms with Crippen LogP contribution in [0.25, 0.3) is 16.5 Å². The van der Waals surface area contributed by atoms with Crippen molar-refractivity contribution in [2.45, 2.75) is 26.4 Å². The number of carbonyl (C=O) groups is 1. The van der Waals surface area contributed by atoms with Gasteiger partial charge in [-0.25, -0.2) is 0 Å². The summed E-state index contributed by atoms with van der Waals surface area (Å²) in [6.45, 7) is 7.29. The van der Waals surface area contributed by atoms with E-state index in [1.165, 1.54) is 16.7 Å². The molecule has 2 aliphatic rings. The molecule has 0 aliphatic carbocycles. The predicted molar refractivity (Wildman–Crippen MR) is 103 cm³/mol. The Balaban J connectivity index is 1.82. The molecular formula is C20H24ClN3O. The molecule has 0 unspecified atom stereocenters. The van der Waals surface area contributed by atoms with Crippen LogP contribution in [0.5, 0.6) is 0 Å². The van der Waals surface area contributed by atoms with Gasteiger partial charge in [-0.1, -0.05) is 23.7 Å². The molecule has 1 aromatic carbocycles. The average Bonchev–Trinajstić information content (AvgIpc) is 3.04. The molecule has 0 N–H and O–H groups in total. The molecule has 132 valence electrons. The normalized spacial score (nSPS) is 22.6. The number of amides is 1. The minimum atomic E-state index is -0.0802. The van der Waals surface area contributed by atoms with Crippen LogP contribution in [0.3, 0.4) is 0 Å². The van der Waals surface area contributed by atoms with Crippen molar-refractivity contribution in [2.24, 2.45) is 5.92 Å². The fourth-order valence-electron chi connectivity index (χ4n) is 4.34. The predicted octanol–water partition coefficient (Wildman–Crippen LogP) is 3.49. The Morgan fingerprint density at radius 2 is 2.00 bits per heavy atom. The number of benzene rings is 1. The van der Waals surface area contributed by atoms with E-state index < -0.39 is 0 Å². The number of nitrogens with zero attached hydrogens (tertiary/aromatic N) is 3. The zero-order valence-electron chi connectivity index (χ0n) is 15.0. The summed E-state index contributed by atoms with van der Waals surface area (Å²) in [5, 5.41) is 1.88. The molecule has 0 radical (unpaired) electrons. The van der Waals surface area contributed by atoms with E-state index in [2.05, 4.69) is 40.9 Å². The zero-order valence-corrected chi connectivity index (χ0v) is 15.8. The quantitative estimate of drug-likeness (QED) is 0.841. The first-order valence-corrected chi connectivity index (χ1v) is 9.41. The highest BCUT2D eigenvalue weighted by Gasteiger charge is 2.36. The maximum Gasteiger partial charge on any atom is 0.230 e. The van der Waals surface area contributed by atoms with Gasteiger partial charge in [0.05, 0.1) is 17.5 Å². The van der Waals surface area contributed by atoms with Gasteiger partial charge < -0.3 is 9.47 Å². The van der Waals surface area contributed by atoms with Crippen LogP contribution in [0, 0.1) is 5.92 Å². The summed E-state index contributed by atoms with van der Waals surface area (Å²) in [5.41, 5.74) is 3.68. The van der Waals surface area contributed by atoms with E-state index in [1.54, 1.807) is 0 Å². The lowest BCUT2D eigenvalue weighted by atomic mass is 9.85. The van der Waals surface area contributed by atoms with Crippen LogP contribution in [0.1, 0.15) is 19.4 Å². The Labute approximate surface area is 153 Å². The second-order valence-electron chi connectivity index (χ2n) is 7.02. The van der Waals surface area contributed by atoms with Gasteiger partial charge >= 0.3 is 0 Å². The van der Waals surface area contributed by atoms with Gasteiger partial charge in [0.25, 0.3) is 0 Å². The van der Waals surface area contributed by atoms with E-state index in [1.807, 2.05) is 24.8 Å². The lowest BCUT2D eigenvalue weighted by molar-refractivity contribution is -0.134. The summed E-state index contributed by atoms with van der Waals surface area (Å²) in [5.74, 6) is 0.150. The van der Waals surface area contributed by atoms with E-state index in [-0.39, 0.29) is 11.8 Å². The van der Waals surface area contributed by atoms with Crippen LogP contribution in [-0.4, -0.2) is 53.0 Å². The molecule has 0 spiro atoms. The highest BCUT2D eigenvalue weighted by Crippen LogP contribution is 2.40. The minimum Gasteiger partial charge on any atom is -0.345 e. The van der Waals surface area contributed by atoms with Crippen LogP contribution in [-0.2, 0) is 11.3 Å². The summed E-state index contributed by atoms with van der Waals surface area (Å²) in [6.07, 6.45) is 4.34. The van der Waals surface area contributed by atoms with Gasteiger partial charge in [0.15, 0.2) is 0 Å². The third kappa shape index (κ3) is 2.51. The van der Waals surface area contributed by atoms with Crippen molar-refractivity contribution in [3.8, 4) is 0 Å². The molecule has 1 aromatic heterocycles. The first kappa shape index (κ1) is 16.7. The molecule has 0 saturated heterocycles. The Morgan fingerprint density at radius 3 is 2.72 bits per heavy atom. The molecule has 3 heterocycles. The lowest BCUT2D eigenvalue weighted by Gasteiger charge is -2.41. The number of halogens is 1. The van der Waals surface area contributed by atoms with Crippen molar-refractivity contribution < 1.29 is 4.79 Å². The molecular weight excluding hydrogens is 334 g/mol. The van der Waals surface area contributed by atoms with Crippen LogP contribution >= 0.6 is 11.6 Å². The van der Waals surface area contributed by atoms with E-state index >= 15 is 0 Å². The van der Waals surface area contributed by atoms with Crippen LogP contribution < -0.4 is 0 Å². The Bertz CT molecular complexity index is 865. The van der Waals surface area contributed by atoms with Crippen molar-refractivity contribution in [1.29, 1.82) is 0 Å². The molecule has 25 heavy (non-hydrogen) atoms. The summed E-state index contributed by atoms with van der Waals surface area (Å²) < 4.78 is 2.29. The third-order valence-electron chi connectivity index (χ3n) is 5.70. The molecule has 5 heteroatoms. The zero-order chi connectivity index (χ0) is 17.7. The monoisotopic (exact) mass is 357 g/mol. The van der Waals surface area contributed by atoms with Crippen LogP contribution in [0.4, 0.5) is 0 Å². The first-order chi connectivity index (χ1) is 12.0. The molecule has 1 amide bonds. The van der Waals surface area contributed by atoms with Crippen molar-refractivity contribution in [1.82, 2.24) is 14.4 Å². The van der Waals surface area contributed by atoms with Gasteiger partial charge in [0.2, 0.25) is 5.91 Å². The second-order valence-corrected chi connectivity index (χ2v) is 7.43. The fraction of sp³-hybridized carbons (Fsp3) is 0.450. The van der Waals surface area contributed by atoms with Gasteiger partial charge in [-0.3, -0.25) is 9.69 Å². The standard InChI is InChI=1S/C20H24ClN3O/c1-4-23(5-2)20(25)13-10-16-14-6-7-17(21)15-8-9-24(19(14)15)12-18(16)22(3)11-13/h6-10,13,18H,4-5,11-12H2,1-3H3/t13-,18-/m1/s1. The number of likely N-dealkylation sites (N-methyl/N-ethyl adjacent to an activating group) is 1. The van der Waals surface area contributed by atoms with Gasteiger partial charge in [0, 0.05) is 48.3 Å². The number of aromatic nitrogens is 1. The smallest absolute Gasteiger partial charge is 0.230 e. The van der Waals surface area contributed by atoms with Gasteiger partial charge in [0.1, 0.15) is 0 Å². The summed E-state index contributed by atoms with van der Waals surface area (Å²) in [4.78, 5) is 17.2. The average molecular weight is 358 g/mol.